The minimum atomic E-state index is -0.579. The Labute approximate surface area is 124 Å². The van der Waals surface area contributed by atoms with Gasteiger partial charge < -0.3 is 10.8 Å². The van der Waals surface area contributed by atoms with Crippen LogP contribution in [0.3, 0.4) is 0 Å². The number of piperazine rings is 1. The lowest BCUT2D eigenvalue weighted by Gasteiger charge is -2.43. The fourth-order valence-corrected chi connectivity index (χ4v) is 3.92. The van der Waals surface area contributed by atoms with Gasteiger partial charge in [-0.05, 0) is 39.2 Å². The van der Waals surface area contributed by atoms with Gasteiger partial charge in [0.1, 0.15) is 0 Å². The molecule has 20 heavy (non-hydrogen) atoms. The Balaban J connectivity index is 1.85. The van der Waals surface area contributed by atoms with E-state index in [4.69, 9.17) is 5.73 Å². The molecule has 1 aliphatic heterocycles. The molecular weight excluding hydrogens is 250 g/mol. The van der Waals surface area contributed by atoms with E-state index >= 15 is 0 Å². The number of hydrogen-bond donors (Lipinski definition) is 2. The quantitative estimate of drug-likeness (QED) is 0.763. The van der Waals surface area contributed by atoms with Crippen LogP contribution in [0.25, 0.3) is 0 Å². The predicted octanol–water partition coefficient (Wildman–Crippen LogP) is 1.28. The first-order chi connectivity index (χ1) is 9.49. The molecule has 1 aliphatic carbocycles. The van der Waals surface area contributed by atoms with Crippen molar-refractivity contribution in [3.8, 4) is 0 Å². The molecule has 0 radical (unpaired) electrons. The zero-order valence-electron chi connectivity index (χ0n) is 13.4. The van der Waals surface area contributed by atoms with Crippen molar-refractivity contribution in [2.75, 3.05) is 39.3 Å². The van der Waals surface area contributed by atoms with Crippen LogP contribution in [0.2, 0.25) is 0 Å². The van der Waals surface area contributed by atoms with E-state index in [2.05, 4.69) is 9.80 Å². The first-order valence-electron chi connectivity index (χ1n) is 8.38. The Morgan fingerprint density at radius 1 is 1.05 bits per heavy atom. The van der Waals surface area contributed by atoms with Gasteiger partial charge in [-0.2, -0.15) is 0 Å². The number of hydrogen-bond acceptors (Lipinski definition) is 4. The van der Waals surface area contributed by atoms with Gasteiger partial charge in [0.15, 0.2) is 0 Å². The summed E-state index contributed by atoms with van der Waals surface area (Å²) >= 11 is 0. The minimum absolute atomic E-state index is 0.579. The maximum absolute atomic E-state index is 9.93. The lowest BCUT2D eigenvalue weighted by Crippen LogP contribution is -2.55. The molecule has 0 aromatic carbocycles. The van der Waals surface area contributed by atoms with E-state index in [-0.39, 0.29) is 0 Å². The van der Waals surface area contributed by atoms with Crippen molar-refractivity contribution >= 4 is 0 Å². The van der Waals surface area contributed by atoms with Crippen molar-refractivity contribution in [1.29, 1.82) is 0 Å². The maximum atomic E-state index is 9.93. The Morgan fingerprint density at radius 3 is 2.30 bits per heavy atom. The van der Waals surface area contributed by atoms with Gasteiger partial charge in [-0.15, -0.1) is 0 Å². The van der Waals surface area contributed by atoms with E-state index in [0.29, 0.717) is 12.0 Å². The molecule has 1 heterocycles. The second kappa shape index (κ2) is 7.21. The standard InChI is InChI=1S/C16H33N3O/c1-16(2,20)13-18-8-10-19(11-9-18)15-7-5-3-4-6-14(15)12-17/h14-15,20H,3-13,17H2,1-2H3. The van der Waals surface area contributed by atoms with Gasteiger partial charge >= 0.3 is 0 Å². The van der Waals surface area contributed by atoms with Crippen LogP contribution in [0.4, 0.5) is 0 Å². The molecule has 4 nitrogen and oxygen atoms in total. The van der Waals surface area contributed by atoms with Gasteiger partial charge in [-0.1, -0.05) is 19.3 Å². The highest BCUT2D eigenvalue weighted by Crippen LogP contribution is 2.27. The minimum Gasteiger partial charge on any atom is -0.389 e. The van der Waals surface area contributed by atoms with E-state index in [1.165, 1.54) is 32.1 Å². The second-order valence-electron chi connectivity index (χ2n) is 7.33. The third kappa shape index (κ3) is 4.69. The molecule has 2 unspecified atom stereocenters. The van der Waals surface area contributed by atoms with Crippen LogP contribution < -0.4 is 5.73 Å². The van der Waals surface area contributed by atoms with Crippen LogP contribution in [0, 0.1) is 5.92 Å². The van der Waals surface area contributed by atoms with Crippen molar-refractivity contribution in [1.82, 2.24) is 9.80 Å². The summed E-state index contributed by atoms with van der Waals surface area (Å²) in [6.45, 7) is 9.86. The summed E-state index contributed by atoms with van der Waals surface area (Å²) in [4.78, 5) is 5.06. The molecule has 0 aromatic heterocycles. The summed E-state index contributed by atoms with van der Waals surface area (Å²) in [7, 11) is 0. The predicted molar refractivity (Wildman–Crippen MR) is 83.7 cm³/mol. The molecule has 0 amide bonds. The largest absolute Gasteiger partial charge is 0.389 e. The second-order valence-corrected chi connectivity index (χ2v) is 7.33. The van der Waals surface area contributed by atoms with Crippen LogP contribution in [0.15, 0.2) is 0 Å². The highest BCUT2D eigenvalue weighted by molar-refractivity contribution is 4.86. The first-order valence-corrected chi connectivity index (χ1v) is 8.38. The highest BCUT2D eigenvalue weighted by Gasteiger charge is 2.31. The van der Waals surface area contributed by atoms with Gasteiger partial charge in [-0.25, -0.2) is 0 Å². The molecule has 2 fully saturated rings. The Bertz CT molecular complexity index is 282. The molecule has 0 bridgehead atoms. The number of aliphatic hydroxyl groups is 1. The zero-order chi connectivity index (χ0) is 14.6. The fraction of sp³-hybridized carbons (Fsp3) is 1.00. The average Bonchev–Trinajstić information content (AvgIpc) is 2.63. The Morgan fingerprint density at radius 2 is 1.70 bits per heavy atom. The molecule has 2 atom stereocenters. The molecule has 1 saturated carbocycles. The van der Waals surface area contributed by atoms with Crippen molar-refractivity contribution in [2.45, 2.75) is 57.6 Å². The number of nitrogens with two attached hydrogens (primary N) is 1. The molecule has 4 heteroatoms. The van der Waals surface area contributed by atoms with Gasteiger partial charge in [0.25, 0.3) is 0 Å². The third-order valence-corrected chi connectivity index (χ3v) is 4.91. The van der Waals surface area contributed by atoms with E-state index in [1.807, 2.05) is 13.8 Å². The molecule has 0 spiro atoms. The van der Waals surface area contributed by atoms with E-state index in [9.17, 15) is 5.11 Å². The van der Waals surface area contributed by atoms with Crippen LogP contribution >= 0.6 is 0 Å². The Kier molecular flexibility index (Phi) is 5.84. The van der Waals surface area contributed by atoms with Crippen molar-refractivity contribution in [3.63, 3.8) is 0 Å². The van der Waals surface area contributed by atoms with Crippen molar-refractivity contribution < 1.29 is 5.11 Å². The molecule has 118 valence electrons. The van der Waals surface area contributed by atoms with Crippen molar-refractivity contribution in [2.24, 2.45) is 11.7 Å². The smallest absolute Gasteiger partial charge is 0.0718 e. The number of rotatable bonds is 4. The number of nitrogens with zero attached hydrogens (tertiary/aromatic N) is 2. The SMILES string of the molecule is CC(C)(O)CN1CCN(C2CCCCCC2CN)CC1. The summed E-state index contributed by atoms with van der Waals surface area (Å²) in [5, 5.41) is 9.93. The first kappa shape index (κ1) is 16.2. The van der Waals surface area contributed by atoms with Gasteiger partial charge in [0.05, 0.1) is 5.60 Å². The molecule has 3 N–H and O–H groups in total. The normalized spacial score (nSPS) is 31.2. The van der Waals surface area contributed by atoms with Crippen LogP contribution in [-0.4, -0.2) is 65.8 Å². The topological polar surface area (TPSA) is 52.7 Å². The maximum Gasteiger partial charge on any atom is 0.0718 e. The summed E-state index contributed by atoms with van der Waals surface area (Å²) < 4.78 is 0. The van der Waals surface area contributed by atoms with E-state index in [0.717, 1.165) is 39.3 Å². The van der Waals surface area contributed by atoms with Crippen LogP contribution in [-0.2, 0) is 0 Å². The van der Waals surface area contributed by atoms with Crippen LogP contribution in [0.5, 0.6) is 0 Å². The zero-order valence-corrected chi connectivity index (χ0v) is 13.4. The van der Waals surface area contributed by atoms with Crippen LogP contribution in [0.1, 0.15) is 46.0 Å². The van der Waals surface area contributed by atoms with Gasteiger partial charge in [0.2, 0.25) is 0 Å². The molecule has 1 saturated heterocycles. The van der Waals surface area contributed by atoms with Gasteiger partial charge in [-0.3, -0.25) is 9.80 Å². The lowest BCUT2D eigenvalue weighted by molar-refractivity contribution is 0.00449. The summed E-state index contributed by atoms with van der Waals surface area (Å²) in [6, 6.07) is 0.701. The molecular formula is C16H33N3O. The molecule has 2 rings (SSSR count). The lowest BCUT2D eigenvalue weighted by atomic mass is 9.93. The molecule has 0 aromatic rings. The van der Waals surface area contributed by atoms with E-state index in [1.54, 1.807) is 0 Å². The van der Waals surface area contributed by atoms with Crippen molar-refractivity contribution in [3.05, 3.63) is 0 Å². The van der Waals surface area contributed by atoms with Gasteiger partial charge in [0, 0.05) is 38.8 Å². The monoisotopic (exact) mass is 283 g/mol. The summed E-state index contributed by atoms with van der Waals surface area (Å²) in [5.41, 5.74) is 5.43. The molecule has 2 aliphatic rings. The summed E-state index contributed by atoms with van der Waals surface area (Å²) in [6.07, 6.45) is 6.74. The summed E-state index contributed by atoms with van der Waals surface area (Å²) in [5.74, 6) is 0.693. The highest BCUT2D eigenvalue weighted by atomic mass is 16.3. The fourth-order valence-electron chi connectivity index (χ4n) is 3.92. The third-order valence-electron chi connectivity index (χ3n) is 4.91. The number of β-amino-alcohol motifs (C(OH)–C–C–N with tert-alkyl or cyclic N) is 1. The Hall–Kier alpha value is -0.160. The average molecular weight is 283 g/mol. The van der Waals surface area contributed by atoms with E-state index < -0.39 is 5.60 Å².